The Morgan fingerprint density at radius 3 is 2.63 bits per heavy atom. The summed E-state index contributed by atoms with van der Waals surface area (Å²) in [5.74, 6) is 0.437. The molecule has 1 saturated heterocycles. The molecule has 3 rings (SSSR count). The zero-order valence-electron chi connectivity index (χ0n) is 15.7. The summed E-state index contributed by atoms with van der Waals surface area (Å²) >= 11 is 0. The Morgan fingerprint density at radius 1 is 1.26 bits per heavy atom. The molecule has 1 N–H and O–H groups in total. The van der Waals surface area contributed by atoms with Crippen molar-refractivity contribution in [3.05, 3.63) is 59.9 Å². The van der Waals surface area contributed by atoms with Gasteiger partial charge in [0.25, 0.3) is 0 Å². The van der Waals surface area contributed by atoms with Gasteiger partial charge in [0, 0.05) is 18.8 Å². The second-order valence-corrected chi connectivity index (χ2v) is 6.53. The lowest BCUT2D eigenvalue weighted by atomic mass is 10.1. The third kappa shape index (κ3) is 5.05. The van der Waals surface area contributed by atoms with Gasteiger partial charge in [-0.2, -0.15) is 0 Å². The number of anilines is 1. The highest BCUT2D eigenvalue weighted by Gasteiger charge is 2.28. The van der Waals surface area contributed by atoms with Gasteiger partial charge in [-0.15, -0.1) is 0 Å². The molecule has 1 aliphatic heterocycles. The molecule has 2 aromatic rings. The van der Waals surface area contributed by atoms with E-state index in [9.17, 15) is 9.18 Å². The first-order valence-corrected chi connectivity index (χ1v) is 9.21. The van der Waals surface area contributed by atoms with E-state index >= 15 is 0 Å². The lowest BCUT2D eigenvalue weighted by molar-refractivity contribution is -0.124. The lowest BCUT2D eigenvalue weighted by Gasteiger charge is -2.36. The van der Waals surface area contributed by atoms with E-state index in [0.717, 1.165) is 17.0 Å². The molecule has 27 heavy (non-hydrogen) atoms. The summed E-state index contributed by atoms with van der Waals surface area (Å²) in [6.07, 6.45) is -0.167. The molecule has 5 nitrogen and oxygen atoms in total. The van der Waals surface area contributed by atoms with Crippen molar-refractivity contribution in [2.45, 2.75) is 26.0 Å². The van der Waals surface area contributed by atoms with E-state index in [1.165, 1.54) is 12.1 Å². The molecule has 0 saturated carbocycles. The van der Waals surface area contributed by atoms with E-state index in [1.807, 2.05) is 38.1 Å². The lowest BCUT2D eigenvalue weighted by Crippen LogP contribution is -2.48. The SMILES string of the molecule is CCOc1ccc(NC(=O)C(C)N2CCOC(c3ccc(F)cc3)C2)cc1. The van der Waals surface area contributed by atoms with Crippen LogP contribution in [0.15, 0.2) is 48.5 Å². The Hall–Kier alpha value is -2.44. The van der Waals surface area contributed by atoms with Gasteiger partial charge < -0.3 is 14.8 Å². The smallest absolute Gasteiger partial charge is 0.241 e. The summed E-state index contributed by atoms with van der Waals surface area (Å²) in [6.45, 7) is 6.21. The van der Waals surface area contributed by atoms with E-state index < -0.39 is 0 Å². The topological polar surface area (TPSA) is 50.8 Å². The van der Waals surface area contributed by atoms with Gasteiger partial charge in [0.15, 0.2) is 0 Å². The summed E-state index contributed by atoms with van der Waals surface area (Å²) in [5.41, 5.74) is 1.65. The normalized spacial score (nSPS) is 18.7. The molecule has 6 heteroatoms. The van der Waals surface area contributed by atoms with E-state index in [2.05, 4.69) is 10.2 Å². The summed E-state index contributed by atoms with van der Waals surface area (Å²) in [7, 11) is 0. The van der Waals surface area contributed by atoms with E-state index in [-0.39, 0.29) is 23.9 Å². The van der Waals surface area contributed by atoms with Crippen molar-refractivity contribution in [2.24, 2.45) is 0 Å². The molecule has 2 atom stereocenters. The van der Waals surface area contributed by atoms with Crippen LogP contribution in [0.4, 0.5) is 10.1 Å². The largest absolute Gasteiger partial charge is 0.494 e. The number of benzene rings is 2. The molecule has 1 heterocycles. The van der Waals surface area contributed by atoms with Gasteiger partial charge in [-0.1, -0.05) is 12.1 Å². The maximum absolute atomic E-state index is 13.1. The summed E-state index contributed by atoms with van der Waals surface area (Å²) < 4.78 is 24.3. The molecular formula is C21H25FN2O3. The average molecular weight is 372 g/mol. The third-order valence-electron chi connectivity index (χ3n) is 4.70. The Bertz CT molecular complexity index is 749. The fourth-order valence-corrected chi connectivity index (χ4v) is 3.11. The maximum atomic E-state index is 13.1. The van der Waals surface area contributed by atoms with Gasteiger partial charge in [-0.25, -0.2) is 4.39 Å². The van der Waals surface area contributed by atoms with Crippen LogP contribution >= 0.6 is 0 Å². The van der Waals surface area contributed by atoms with E-state index in [1.54, 1.807) is 12.1 Å². The molecule has 2 unspecified atom stereocenters. The Balaban J connectivity index is 1.59. The second kappa shape index (κ2) is 8.97. The van der Waals surface area contributed by atoms with Crippen LogP contribution in [0.1, 0.15) is 25.5 Å². The predicted octanol–water partition coefficient (Wildman–Crippen LogP) is 3.62. The van der Waals surface area contributed by atoms with Crippen molar-refractivity contribution in [2.75, 3.05) is 31.6 Å². The zero-order valence-corrected chi connectivity index (χ0v) is 15.7. The number of morpholine rings is 1. The highest BCUT2D eigenvalue weighted by molar-refractivity contribution is 5.94. The second-order valence-electron chi connectivity index (χ2n) is 6.53. The molecule has 2 aromatic carbocycles. The van der Waals surface area contributed by atoms with Crippen LogP contribution in [0.3, 0.4) is 0 Å². The molecule has 0 spiro atoms. The van der Waals surface area contributed by atoms with Gasteiger partial charge >= 0.3 is 0 Å². The zero-order chi connectivity index (χ0) is 19.2. The van der Waals surface area contributed by atoms with Crippen LogP contribution < -0.4 is 10.1 Å². The van der Waals surface area contributed by atoms with Gasteiger partial charge in [0.05, 0.1) is 25.4 Å². The Morgan fingerprint density at radius 2 is 1.96 bits per heavy atom. The molecule has 1 aliphatic rings. The molecule has 1 amide bonds. The first-order chi connectivity index (χ1) is 13.1. The fourth-order valence-electron chi connectivity index (χ4n) is 3.11. The van der Waals surface area contributed by atoms with Crippen LogP contribution in [0.25, 0.3) is 0 Å². The number of nitrogens with one attached hydrogen (secondary N) is 1. The third-order valence-corrected chi connectivity index (χ3v) is 4.70. The fraction of sp³-hybridized carbons (Fsp3) is 0.381. The van der Waals surface area contributed by atoms with Crippen LogP contribution in [0.5, 0.6) is 5.75 Å². The van der Waals surface area contributed by atoms with Gasteiger partial charge in [-0.3, -0.25) is 9.69 Å². The minimum Gasteiger partial charge on any atom is -0.494 e. The molecule has 144 valence electrons. The van der Waals surface area contributed by atoms with Gasteiger partial charge in [0.2, 0.25) is 5.91 Å². The number of nitrogens with zero attached hydrogens (tertiary/aromatic N) is 1. The molecule has 0 aromatic heterocycles. The monoisotopic (exact) mass is 372 g/mol. The standard InChI is InChI=1S/C21H25FN2O3/c1-3-26-19-10-8-18(9-11-19)23-21(25)15(2)24-12-13-27-20(14-24)16-4-6-17(22)7-5-16/h4-11,15,20H,3,12-14H2,1-2H3,(H,23,25). The first kappa shape index (κ1) is 19.3. The molecule has 0 bridgehead atoms. The van der Waals surface area contributed by atoms with Gasteiger partial charge in [-0.05, 0) is 55.8 Å². The van der Waals surface area contributed by atoms with Crippen LogP contribution in [0, 0.1) is 5.82 Å². The number of halogens is 1. The molecule has 1 fully saturated rings. The van der Waals surface area contributed by atoms with E-state index in [0.29, 0.717) is 26.3 Å². The van der Waals surface area contributed by atoms with Crippen molar-refractivity contribution in [3.63, 3.8) is 0 Å². The van der Waals surface area contributed by atoms with Crippen molar-refractivity contribution < 1.29 is 18.7 Å². The minimum atomic E-state index is -0.302. The number of rotatable bonds is 6. The highest BCUT2D eigenvalue weighted by Crippen LogP contribution is 2.24. The summed E-state index contributed by atoms with van der Waals surface area (Å²) in [5, 5.41) is 2.94. The molecule has 0 radical (unpaired) electrons. The van der Waals surface area contributed by atoms with Crippen molar-refractivity contribution in [1.82, 2.24) is 4.90 Å². The Labute approximate surface area is 159 Å². The van der Waals surface area contributed by atoms with Crippen molar-refractivity contribution in [3.8, 4) is 5.75 Å². The Kier molecular flexibility index (Phi) is 6.42. The van der Waals surface area contributed by atoms with Crippen LogP contribution in [0.2, 0.25) is 0 Å². The number of hydrogen-bond donors (Lipinski definition) is 1. The number of amides is 1. The van der Waals surface area contributed by atoms with Crippen molar-refractivity contribution in [1.29, 1.82) is 0 Å². The quantitative estimate of drug-likeness (QED) is 0.841. The average Bonchev–Trinajstić information content (AvgIpc) is 2.70. The number of carbonyl (C=O) groups excluding carboxylic acids is 1. The van der Waals surface area contributed by atoms with Crippen LogP contribution in [-0.2, 0) is 9.53 Å². The predicted molar refractivity (Wildman–Crippen MR) is 102 cm³/mol. The number of hydrogen-bond acceptors (Lipinski definition) is 4. The maximum Gasteiger partial charge on any atom is 0.241 e. The van der Waals surface area contributed by atoms with Crippen LogP contribution in [-0.4, -0.2) is 43.2 Å². The summed E-state index contributed by atoms with van der Waals surface area (Å²) in [6, 6.07) is 13.4. The highest BCUT2D eigenvalue weighted by atomic mass is 19.1. The minimum absolute atomic E-state index is 0.0704. The first-order valence-electron chi connectivity index (χ1n) is 9.21. The number of ether oxygens (including phenoxy) is 2. The van der Waals surface area contributed by atoms with Crippen molar-refractivity contribution >= 4 is 11.6 Å². The van der Waals surface area contributed by atoms with Gasteiger partial charge in [0.1, 0.15) is 11.6 Å². The molecular weight excluding hydrogens is 347 g/mol. The number of carbonyl (C=O) groups is 1. The molecule has 0 aliphatic carbocycles. The summed E-state index contributed by atoms with van der Waals surface area (Å²) in [4.78, 5) is 14.7. The van der Waals surface area contributed by atoms with E-state index in [4.69, 9.17) is 9.47 Å².